The number of alkyl halides is 3. The molecule has 1 aliphatic carbocycles. The second-order valence-electron chi connectivity index (χ2n) is 7.86. The minimum absolute atomic E-state index is 0.138. The summed E-state index contributed by atoms with van der Waals surface area (Å²) in [6.45, 7) is 3.80. The molecule has 1 aromatic rings. The van der Waals surface area contributed by atoms with Crippen LogP contribution in [-0.4, -0.2) is 45.8 Å². The zero-order chi connectivity index (χ0) is 24.4. The predicted octanol–water partition coefficient (Wildman–Crippen LogP) is 3.99. The summed E-state index contributed by atoms with van der Waals surface area (Å²) in [6.07, 6.45) is -0.396. The molecule has 0 aromatic heterocycles. The molecule has 2 rings (SSSR count). The van der Waals surface area contributed by atoms with Gasteiger partial charge in [-0.05, 0) is 56.7 Å². The van der Waals surface area contributed by atoms with Crippen LogP contribution in [0.2, 0.25) is 0 Å². The summed E-state index contributed by atoms with van der Waals surface area (Å²) in [5.74, 6) is -1.80. The summed E-state index contributed by atoms with van der Waals surface area (Å²) in [5, 5.41) is 0. The molecule has 0 unspecified atom stereocenters. The van der Waals surface area contributed by atoms with Crippen molar-refractivity contribution in [2.24, 2.45) is 0 Å². The lowest BCUT2D eigenvalue weighted by molar-refractivity contribution is -0.0452. The zero-order valence-electron chi connectivity index (χ0n) is 17.8. The maximum absolute atomic E-state index is 14.8. The topological polar surface area (TPSA) is 83.6 Å². The molecule has 1 aliphatic rings. The molecule has 1 fully saturated rings. The van der Waals surface area contributed by atoms with Crippen LogP contribution >= 0.6 is 0 Å². The highest BCUT2D eigenvalue weighted by atomic mass is 32.2. The third-order valence-corrected chi connectivity index (χ3v) is 9.53. The standard InChI is InChI=1S/C19H27F5N2O4S2/c1-3-11-26(12-4-2)32(29,30)18(16-13-14(20)5-6-17(16)21)9-7-15(8-10-18)25-31(27,28)19(22,23)24/h5-6,13,15,25H,3-4,7-12H2,1-2H3. The highest BCUT2D eigenvalue weighted by molar-refractivity contribution is 7.90. The maximum atomic E-state index is 14.8. The van der Waals surface area contributed by atoms with Gasteiger partial charge >= 0.3 is 15.5 Å². The highest BCUT2D eigenvalue weighted by Gasteiger charge is 2.53. The lowest BCUT2D eigenvalue weighted by Gasteiger charge is -2.43. The molecule has 0 heterocycles. The molecule has 0 bridgehead atoms. The fourth-order valence-corrected chi connectivity index (χ4v) is 7.43. The Morgan fingerprint density at radius 1 is 1.03 bits per heavy atom. The Labute approximate surface area is 185 Å². The normalized spacial score (nSPS) is 22.9. The molecule has 13 heteroatoms. The number of rotatable bonds is 9. The number of halogens is 5. The maximum Gasteiger partial charge on any atom is 0.511 e. The summed E-state index contributed by atoms with van der Waals surface area (Å²) in [4.78, 5) is 0. The van der Waals surface area contributed by atoms with E-state index in [1.54, 1.807) is 18.6 Å². The van der Waals surface area contributed by atoms with E-state index in [2.05, 4.69) is 0 Å². The van der Waals surface area contributed by atoms with Crippen LogP contribution in [0, 0.1) is 11.6 Å². The number of hydrogen-bond acceptors (Lipinski definition) is 4. The molecule has 0 amide bonds. The van der Waals surface area contributed by atoms with Crippen LogP contribution in [0.5, 0.6) is 0 Å². The van der Waals surface area contributed by atoms with Gasteiger partial charge in [0.25, 0.3) is 0 Å². The Balaban J connectivity index is 2.50. The first-order valence-corrected chi connectivity index (χ1v) is 13.2. The van der Waals surface area contributed by atoms with Crippen LogP contribution in [0.3, 0.4) is 0 Å². The molecule has 0 radical (unpaired) electrons. The summed E-state index contributed by atoms with van der Waals surface area (Å²) in [7, 11) is -9.90. The van der Waals surface area contributed by atoms with Gasteiger partial charge in [0.05, 0.1) is 0 Å². The van der Waals surface area contributed by atoms with E-state index in [0.29, 0.717) is 12.8 Å². The highest BCUT2D eigenvalue weighted by Crippen LogP contribution is 2.47. The van der Waals surface area contributed by atoms with Gasteiger partial charge in [0.1, 0.15) is 16.4 Å². The van der Waals surface area contributed by atoms with Crippen molar-refractivity contribution in [3.05, 3.63) is 35.4 Å². The molecule has 1 N–H and O–H groups in total. The van der Waals surface area contributed by atoms with E-state index in [9.17, 15) is 38.8 Å². The van der Waals surface area contributed by atoms with Gasteiger partial charge < -0.3 is 0 Å². The van der Waals surface area contributed by atoms with Crippen LogP contribution in [0.15, 0.2) is 18.2 Å². The van der Waals surface area contributed by atoms with Crippen molar-refractivity contribution in [2.45, 2.75) is 68.7 Å². The van der Waals surface area contributed by atoms with Crippen molar-refractivity contribution in [3.8, 4) is 0 Å². The number of hydrogen-bond donors (Lipinski definition) is 1. The number of nitrogens with one attached hydrogen (secondary N) is 1. The van der Waals surface area contributed by atoms with E-state index < -0.39 is 53.5 Å². The monoisotopic (exact) mass is 506 g/mol. The number of sulfonamides is 2. The minimum Gasteiger partial charge on any atom is -0.211 e. The van der Waals surface area contributed by atoms with Crippen LogP contribution in [0.4, 0.5) is 22.0 Å². The van der Waals surface area contributed by atoms with Crippen molar-refractivity contribution in [3.63, 3.8) is 0 Å². The summed E-state index contributed by atoms with van der Waals surface area (Å²) >= 11 is 0. The summed E-state index contributed by atoms with van der Waals surface area (Å²) in [5.41, 5.74) is -5.91. The van der Waals surface area contributed by atoms with Gasteiger partial charge in [0.2, 0.25) is 10.0 Å². The fourth-order valence-electron chi connectivity index (χ4n) is 4.10. The number of benzene rings is 1. The molecule has 32 heavy (non-hydrogen) atoms. The van der Waals surface area contributed by atoms with Gasteiger partial charge in [-0.25, -0.2) is 34.6 Å². The van der Waals surface area contributed by atoms with Crippen LogP contribution < -0.4 is 4.72 Å². The minimum atomic E-state index is -5.63. The van der Waals surface area contributed by atoms with E-state index in [0.717, 1.165) is 18.2 Å². The Bertz CT molecular complexity index is 999. The third kappa shape index (κ3) is 5.26. The second-order valence-corrected chi connectivity index (χ2v) is 11.8. The van der Waals surface area contributed by atoms with Crippen molar-refractivity contribution < 1.29 is 38.8 Å². The first-order chi connectivity index (χ1) is 14.7. The molecular weight excluding hydrogens is 479 g/mol. The van der Waals surface area contributed by atoms with E-state index in [-0.39, 0.29) is 38.8 Å². The Hall–Kier alpha value is -1.31. The fraction of sp³-hybridized carbons (Fsp3) is 0.684. The largest absolute Gasteiger partial charge is 0.511 e. The van der Waals surface area contributed by atoms with E-state index in [4.69, 9.17) is 0 Å². The predicted molar refractivity (Wildman–Crippen MR) is 109 cm³/mol. The zero-order valence-corrected chi connectivity index (χ0v) is 19.4. The molecule has 0 saturated heterocycles. The molecular formula is C19H27F5N2O4S2. The Kier molecular flexibility index (Phi) is 8.33. The van der Waals surface area contributed by atoms with Crippen LogP contribution in [0.25, 0.3) is 0 Å². The van der Waals surface area contributed by atoms with Crippen molar-refractivity contribution in [1.82, 2.24) is 9.03 Å². The number of nitrogens with zero attached hydrogens (tertiary/aromatic N) is 1. The van der Waals surface area contributed by atoms with E-state index >= 15 is 0 Å². The smallest absolute Gasteiger partial charge is 0.211 e. The van der Waals surface area contributed by atoms with Gasteiger partial charge in [-0.15, -0.1) is 0 Å². The molecule has 0 spiro atoms. The average molecular weight is 507 g/mol. The average Bonchev–Trinajstić information content (AvgIpc) is 2.69. The molecule has 1 aromatic carbocycles. The second kappa shape index (κ2) is 9.90. The summed E-state index contributed by atoms with van der Waals surface area (Å²) in [6, 6.07) is 1.26. The van der Waals surface area contributed by atoms with Crippen molar-refractivity contribution in [2.75, 3.05) is 13.1 Å². The van der Waals surface area contributed by atoms with Gasteiger partial charge in [0.15, 0.2) is 0 Å². The van der Waals surface area contributed by atoms with Gasteiger partial charge in [-0.3, -0.25) is 0 Å². The Morgan fingerprint density at radius 2 is 1.56 bits per heavy atom. The lowest BCUT2D eigenvalue weighted by Crippen LogP contribution is -2.52. The quantitative estimate of drug-likeness (QED) is 0.514. The molecule has 184 valence electrons. The van der Waals surface area contributed by atoms with Crippen LogP contribution in [-0.2, 0) is 24.8 Å². The Morgan fingerprint density at radius 3 is 2.03 bits per heavy atom. The van der Waals surface area contributed by atoms with Crippen molar-refractivity contribution in [1.29, 1.82) is 0 Å². The molecule has 0 aliphatic heterocycles. The van der Waals surface area contributed by atoms with E-state index in [1.165, 1.54) is 4.31 Å². The molecule has 0 atom stereocenters. The van der Waals surface area contributed by atoms with E-state index in [1.807, 2.05) is 0 Å². The van der Waals surface area contributed by atoms with Gasteiger partial charge in [-0.2, -0.15) is 13.2 Å². The first kappa shape index (κ1) is 26.9. The van der Waals surface area contributed by atoms with Gasteiger partial charge in [0, 0.05) is 24.7 Å². The van der Waals surface area contributed by atoms with Crippen molar-refractivity contribution >= 4 is 20.0 Å². The first-order valence-electron chi connectivity index (χ1n) is 10.3. The molecule has 6 nitrogen and oxygen atoms in total. The lowest BCUT2D eigenvalue weighted by atomic mass is 9.81. The van der Waals surface area contributed by atoms with Gasteiger partial charge in [-0.1, -0.05) is 13.8 Å². The SMILES string of the molecule is CCCN(CCC)S(=O)(=O)C1(c2cc(F)ccc2F)CCC(NS(=O)(=O)C(F)(F)F)CC1. The van der Waals surface area contributed by atoms with Crippen LogP contribution in [0.1, 0.15) is 57.9 Å². The molecule has 1 saturated carbocycles. The third-order valence-electron chi connectivity index (χ3n) is 5.62. The summed E-state index contributed by atoms with van der Waals surface area (Å²) < 4.78 is 118.